The van der Waals surface area contributed by atoms with E-state index in [1.807, 2.05) is 18.2 Å². The smallest absolute Gasteiger partial charge is 0.142 e. The topological polar surface area (TPSA) is 35.2 Å². The van der Waals surface area contributed by atoms with E-state index in [4.69, 9.17) is 10.5 Å². The van der Waals surface area contributed by atoms with Crippen LogP contribution in [0.5, 0.6) is 5.75 Å². The molecule has 1 aromatic rings. The fraction of sp³-hybridized carbons (Fsp3) is 0.455. The maximum Gasteiger partial charge on any atom is 0.142 e. The zero-order valence-corrected chi connectivity index (χ0v) is 10.2. The van der Waals surface area contributed by atoms with Crippen molar-refractivity contribution in [1.29, 1.82) is 0 Å². The molecule has 0 aliphatic carbocycles. The molecule has 0 aromatic heterocycles. The number of benzene rings is 1. The van der Waals surface area contributed by atoms with Gasteiger partial charge in [0.15, 0.2) is 0 Å². The Hall–Kier alpha value is -0.700. The summed E-state index contributed by atoms with van der Waals surface area (Å²) in [5.74, 6) is 0.772. The molecule has 0 bridgehead atoms. The summed E-state index contributed by atoms with van der Waals surface area (Å²) < 4.78 is 6.67. The number of nitrogen functional groups attached to an aromatic ring is 1. The van der Waals surface area contributed by atoms with Crippen LogP contribution >= 0.6 is 15.9 Å². The Kier molecular flexibility index (Phi) is 4.26. The fourth-order valence-corrected chi connectivity index (χ4v) is 1.69. The molecule has 3 heteroatoms. The van der Waals surface area contributed by atoms with Crippen molar-refractivity contribution in [2.75, 3.05) is 5.73 Å². The van der Waals surface area contributed by atoms with Gasteiger partial charge in [0, 0.05) is 4.47 Å². The molecule has 0 saturated carbocycles. The lowest BCUT2D eigenvalue weighted by molar-refractivity contribution is 0.211. The first kappa shape index (κ1) is 11.4. The highest BCUT2D eigenvalue weighted by atomic mass is 79.9. The highest BCUT2D eigenvalue weighted by Crippen LogP contribution is 2.26. The maximum absolute atomic E-state index is 5.81. The molecule has 2 nitrogen and oxygen atoms in total. The van der Waals surface area contributed by atoms with Crippen molar-refractivity contribution in [3.63, 3.8) is 0 Å². The van der Waals surface area contributed by atoms with E-state index in [2.05, 4.69) is 29.8 Å². The number of halogens is 1. The van der Waals surface area contributed by atoms with Crippen LogP contribution in [0.1, 0.15) is 26.7 Å². The standard InChI is InChI=1S/C11H16BrNO/c1-3-4-8(2)14-11-6-5-9(12)7-10(11)13/h5-8H,3-4,13H2,1-2H3. The Bertz CT molecular complexity index is 301. The summed E-state index contributed by atoms with van der Waals surface area (Å²) in [4.78, 5) is 0. The maximum atomic E-state index is 5.81. The Morgan fingerprint density at radius 1 is 1.50 bits per heavy atom. The molecule has 14 heavy (non-hydrogen) atoms. The molecule has 0 aliphatic rings. The van der Waals surface area contributed by atoms with Gasteiger partial charge in [-0.1, -0.05) is 29.3 Å². The summed E-state index contributed by atoms with van der Waals surface area (Å²) >= 11 is 3.36. The Balaban J connectivity index is 2.67. The lowest BCUT2D eigenvalue weighted by Gasteiger charge is -2.15. The van der Waals surface area contributed by atoms with Crippen LogP contribution in [0, 0.1) is 0 Å². The van der Waals surface area contributed by atoms with Crippen molar-refractivity contribution < 1.29 is 4.74 Å². The molecule has 0 spiro atoms. The zero-order valence-electron chi connectivity index (χ0n) is 8.59. The number of nitrogens with two attached hydrogens (primary N) is 1. The normalized spacial score (nSPS) is 12.5. The second-order valence-electron chi connectivity index (χ2n) is 3.40. The van der Waals surface area contributed by atoms with Crippen LogP contribution in [0.4, 0.5) is 5.69 Å². The summed E-state index contributed by atoms with van der Waals surface area (Å²) in [6.07, 6.45) is 2.40. The number of ether oxygens (including phenoxy) is 1. The van der Waals surface area contributed by atoms with E-state index in [0.717, 1.165) is 23.1 Å². The van der Waals surface area contributed by atoms with Crippen LogP contribution < -0.4 is 10.5 Å². The molecule has 2 N–H and O–H groups in total. The summed E-state index contributed by atoms with van der Waals surface area (Å²) in [6, 6.07) is 5.68. The van der Waals surface area contributed by atoms with Crippen LogP contribution in [0.15, 0.2) is 22.7 Å². The van der Waals surface area contributed by atoms with Crippen molar-refractivity contribution in [2.24, 2.45) is 0 Å². The zero-order chi connectivity index (χ0) is 10.6. The van der Waals surface area contributed by atoms with Crippen LogP contribution in [0.25, 0.3) is 0 Å². The van der Waals surface area contributed by atoms with E-state index in [0.29, 0.717) is 5.69 Å². The number of hydrogen-bond donors (Lipinski definition) is 1. The summed E-state index contributed by atoms with van der Waals surface area (Å²) in [7, 11) is 0. The number of rotatable bonds is 4. The molecule has 1 rings (SSSR count). The van der Waals surface area contributed by atoms with E-state index < -0.39 is 0 Å². The quantitative estimate of drug-likeness (QED) is 0.837. The lowest BCUT2D eigenvalue weighted by atomic mass is 10.2. The van der Waals surface area contributed by atoms with E-state index in [9.17, 15) is 0 Å². The predicted octanol–water partition coefficient (Wildman–Crippen LogP) is 3.60. The molecule has 78 valence electrons. The molecule has 0 saturated heterocycles. The SMILES string of the molecule is CCCC(C)Oc1ccc(Br)cc1N. The third kappa shape index (κ3) is 3.22. The van der Waals surface area contributed by atoms with E-state index >= 15 is 0 Å². The van der Waals surface area contributed by atoms with Crippen molar-refractivity contribution in [3.8, 4) is 5.75 Å². The molecule has 0 heterocycles. The Labute approximate surface area is 93.6 Å². The number of anilines is 1. The van der Waals surface area contributed by atoms with Gasteiger partial charge in [-0.25, -0.2) is 0 Å². The van der Waals surface area contributed by atoms with Gasteiger partial charge in [0.2, 0.25) is 0 Å². The molecule has 0 amide bonds. The van der Waals surface area contributed by atoms with Crippen LogP contribution in [-0.4, -0.2) is 6.10 Å². The second-order valence-corrected chi connectivity index (χ2v) is 4.31. The average Bonchev–Trinajstić information content (AvgIpc) is 2.10. The van der Waals surface area contributed by atoms with Gasteiger partial charge >= 0.3 is 0 Å². The fourth-order valence-electron chi connectivity index (χ4n) is 1.31. The summed E-state index contributed by atoms with van der Waals surface area (Å²) in [6.45, 7) is 4.20. The van der Waals surface area contributed by atoms with Crippen molar-refractivity contribution in [3.05, 3.63) is 22.7 Å². The minimum absolute atomic E-state index is 0.225. The van der Waals surface area contributed by atoms with Crippen LogP contribution in [0.2, 0.25) is 0 Å². The first-order valence-electron chi connectivity index (χ1n) is 4.85. The van der Waals surface area contributed by atoms with Crippen LogP contribution in [0.3, 0.4) is 0 Å². The van der Waals surface area contributed by atoms with Gasteiger partial charge in [-0.2, -0.15) is 0 Å². The third-order valence-electron chi connectivity index (χ3n) is 2.00. The largest absolute Gasteiger partial charge is 0.489 e. The average molecular weight is 258 g/mol. The van der Waals surface area contributed by atoms with Gasteiger partial charge < -0.3 is 10.5 Å². The molecule has 1 aromatic carbocycles. The first-order valence-corrected chi connectivity index (χ1v) is 5.64. The van der Waals surface area contributed by atoms with Gasteiger partial charge in [0.05, 0.1) is 11.8 Å². The third-order valence-corrected chi connectivity index (χ3v) is 2.49. The van der Waals surface area contributed by atoms with E-state index in [1.165, 1.54) is 0 Å². The Morgan fingerprint density at radius 2 is 2.21 bits per heavy atom. The molecule has 0 aliphatic heterocycles. The van der Waals surface area contributed by atoms with E-state index in [1.54, 1.807) is 0 Å². The Morgan fingerprint density at radius 3 is 2.79 bits per heavy atom. The molecule has 0 fully saturated rings. The molecular weight excluding hydrogens is 242 g/mol. The first-order chi connectivity index (χ1) is 6.63. The van der Waals surface area contributed by atoms with Gasteiger partial charge in [0.25, 0.3) is 0 Å². The predicted molar refractivity (Wildman–Crippen MR) is 63.6 cm³/mol. The second kappa shape index (κ2) is 5.25. The van der Waals surface area contributed by atoms with Gasteiger partial charge in [0.1, 0.15) is 5.75 Å². The van der Waals surface area contributed by atoms with Crippen LogP contribution in [-0.2, 0) is 0 Å². The highest BCUT2D eigenvalue weighted by Gasteiger charge is 2.05. The van der Waals surface area contributed by atoms with Gasteiger partial charge in [-0.15, -0.1) is 0 Å². The molecule has 0 radical (unpaired) electrons. The van der Waals surface area contributed by atoms with Crippen molar-refractivity contribution in [1.82, 2.24) is 0 Å². The van der Waals surface area contributed by atoms with E-state index in [-0.39, 0.29) is 6.10 Å². The monoisotopic (exact) mass is 257 g/mol. The minimum Gasteiger partial charge on any atom is -0.489 e. The van der Waals surface area contributed by atoms with Crippen molar-refractivity contribution in [2.45, 2.75) is 32.8 Å². The summed E-state index contributed by atoms with van der Waals surface area (Å²) in [5.41, 5.74) is 6.49. The molecule has 1 unspecified atom stereocenters. The van der Waals surface area contributed by atoms with Gasteiger partial charge in [-0.05, 0) is 31.5 Å². The summed E-state index contributed by atoms with van der Waals surface area (Å²) in [5, 5.41) is 0. The highest BCUT2D eigenvalue weighted by molar-refractivity contribution is 9.10. The minimum atomic E-state index is 0.225. The van der Waals surface area contributed by atoms with Crippen molar-refractivity contribution >= 4 is 21.6 Å². The number of hydrogen-bond acceptors (Lipinski definition) is 2. The van der Waals surface area contributed by atoms with Gasteiger partial charge in [-0.3, -0.25) is 0 Å². The lowest BCUT2D eigenvalue weighted by Crippen LogP contribution is -2.12. The molecule has 1 atom stereocenters. The molecular formula is C11H16BrNO.